The third-order valence-corrected chi connectivity index (χ3v) is 3.33. The first kappa shape index (κ1) is 14.8. The number of halogens is 3. The second-order valence-electron chi connectivity index (χ2n) is 2.53. The molecule has 17 heavy (non-hydrogen) atoms. The third kappa shape index (κ3) is 6.89. The van der Waals surface area contributed by atoms with Gasteiger partial charge in [-0.2, -0.15) is 5.10 Å². The summed E-state index contributed by atoms with van der Waals surface area (Å²) in [4.78, 5) is 11.3. The van der Waals surface area contributed by atoms with Crippen LogP contribution in [0.5, 0.6) is 0 Å². The molecule has 1 aromatic rings. The zero-order valence-electron chi connectivity index (χ0n) is 8.06. The number of thioether (sulfide) groups is 1. The van der Waals surface area contributed by atoms with Crippen LogP contribution in [0.25, 0.3) is 0 Å². The predicted molar refractivity (Wildman–Crippen MR) is 72.0 cm³/mol. The van der Waals surface area contributed by atoms with Gasteiger partial charge < -0.3 is 5.73 Å². The van der Waals surface area contributed by atoms with Crippen LogP contribution in [-0.2, 0) is 4.79 Å². The van der Waals surface area contributed by atoms with E-state index in [9.17, 15) is 4.79 Å². The smallest absolute Gasteiger partial charge is 0.250 e. The molecular weight excluding hydrogens is 329 g/mol. The molecule has 1 heterocycles. The number of nitrogens with two attached hydrogens (primary N) is 1. The van der Waals surface area contributed by atoms with Crippen molar-refractivity contribution in [2.24, 2.45) is 5.10 Å². The molecule has 0 radical (unpaired) electrons. The Hall–Kier alpha value is -0.280. The lowest BCUT2D eigenvalue weighted by Crippen LogP contribution is -2.21. The van der Waals surface area contributed by atoms with Crippen LogP contribution in [-0.4, -0.2) is 31.9 Å². The summed E-state index contributed by atoms with van der Waals surface area (Å²) in [5.74, 6) is -0.236. The number of anilines is 1. The van der Waals surface area contributed by atoms with Gasteiger partial charge in [0, 0.05) is 0 Å². The molecule has 0 aromatic carbocycles. The summed E-state index contributed by atoms with van der Waals surface area (Å²) in [5.41, 5.74) is 7.57. The normalized spacial score (nSPS) is 11.9. The Labute approximate surface area is 120 Å². The molecule has 0 saturated heterocycles. The summed E-state index contributed by atoms with van der Waals surface area (Å²) in [6.07, 6.45) is 0.989. The van der Waals surface area contributed by atoms with Crippen LogP contribution < -0.4 is 11.2 Å². The van der Waals surface area contributed by atoms with E-state index in [4.69, 9.17) is 40.5 Å². The van der Waals surface area contributed by atoms with Crippen molar-refractivity contribution in [1.29, 1.82) is 0 Å². The Morgan fingerprint density at radius 1 is 1.59 bits per heavy atom. The van der Waals surface area contributed by atoms with E-state index in [1.54, 1.807) is 0 Å². The highest BCUT2D eigenvalue weighted by Gasteiger charge is 2.15. The summed E-state index contributed by atoms with van der Waals surface area (Å²) in [6, 6.07) is 0. The predicted octanol–water partition coefficient (Wildman–Crippen LogP) is 1.68. The molecule has 0 saturated carbocycles. The number of alkyl halides is 3. The minimum absolute atomic E-state index is 0.117. The second kappa shape index (κ2) is 6.60. The lowest BCUT2D eigenvalue weighted by atomic mass is 10.7. The zero-order valence-corrected chi connectivity index (χ0v) is 12.0. The molecule has 0 unspecified atom stereocenters. The van der Waals surface area contributed by atoms with Crippen LogP contribution in [0.2, 0.25) is 0 Å². The summed E-state index contributed by atoms with van der Waals surface area (Å²) in [6.45, 7) is 0. The van der Waals surface area contributed by atoms with E-state index in [0.29, 0.717) is 9.47 Å². The number of hydrazone groups is 1. The Morgan fingerprint density at radius 2 is 2.29 bits per heavy atom. The number of carbonyl (C=O) groups is 1. The fourth-order valence-electron chi connectivity index (χ4n) is 0.616. The molecule has 0 fully saturated rings. The van der Waals surface area contributed by atoms with E-state index in [2.05, 4.69) is 20.7 Å². The van der Waals surface area contributed by atoms with Gasteiger partial charge in [0.25, 0.3) is 0 Å². The van der Waals surface area contributed by atoms with Crippen LogP contribution >= 0.6 is 57.9 Å². The standard InChI is InChI=1S/C6H6Cl3N5OS2/c7-6(8,9)2-11-12-3(15)1-16-5-14-13-4(10)17-5/h2H,1H2,(H2,10,13)(H,12,15)/b11-2+. The van der Waals surface area contributed by atoms with Crippen LogP contribution in [0, 0.1) is 0 Å². The highest BCUT2D eigenvalue weighted by molar-refractivity contribution is 8.01. The molecule has 6 nitrogen and oxygen atoms in total. The van der Waals surface area contributed by atoms with Crippen molar-refractivity contribution < 1.29 is 4.79 Å². The molecule has 1 aromatic heterocycles. The Balaban J connectivity index is 2.29. The fourth-order valence-corrected chi connectivity index (χ4v) is 2.19. The number of nitrogens with one attached hydrogen (secondary N) is 1. The number of hydrogen-bond donors (Lipinski definition) is 2. The van der Waals surface area contributed by atoms with E-state index in [0.717, 1.165) is 6.21 Å². The lowest BCUT2D eigenvalue weighted by molar-refractivity contribution is -0.118. The molecule has 0 bridgehead atoms. The van der Waals surface area contributed by atoms with Gasteiger partial charge in [0.05, 0.1) is 12.0 Å². The number of nitrogens with zero attached hydrogens (tertiary/aromatic N) is 3. The highest BCUT2D eigenvalue weighted by Crippen LogP contribution is 2.23. The Morgan fingerprint density at radius 3 is 2.82 bits per heavy atom. The highest BCUT2D eigenvalue weighted by atomic mass is 35.6. The Bertz CT molecular complexity index is 418. The average Bonchev–Trinajstić information content (AvgIpc) is 2.59. The average molecular weight is 335 g/mol. The minimum Gasteiger partial charge on any atom is -0.374 e. The van der Waals surface area contributed by atoms with Gasteiger partial charge in [0.1, 0.15) is 0 Å². The number of aromatic nitrogens is 2. The fraction of sp³-hybridized carbons (Fsp3) is 0.333. The van der Waals surface area contributed by atoms with Gasteiger partial charge >= 0.3 is 0 Å². The third-order valence-electron chi connectivity index (χ3n) is 1.15. The summed E-state index contributed by atoms with van der Waals surface area (Å²) < 4.78 is -1.03. The molecule has 0 aliphatic rings. The number of amides is 1. The molecule has 0 atom stereocenters. The van der Waals surface area contributed by atoms with Gasteiger partial charge in [-0.1, -0.05) is 57.9 Å². The molecule has 11 heteroatoms. The molecular formula is C6H6Cl3N5OS2. The molecule has 0 spiro atoms. The molecule has 3 N–H and O–H groups in total. The van der Waals surface area contributed by atoms with Gasteiger partial charge in [0.2, 0.25) is 14.8 Å². The maximum atomic E-state index is 11.3. The maximum absolute atomic E-state index is 11.3. The summed E-state index contributed by atoms with van der Waals surface area (Å²) in [7, 11) is 0. The SMILES string of the molecule is Nc1nnc(SCC(=O)N/N=C/C(Cl)(Cl)Cl)s1. The number of rotatable bonds is 4. The minimum atomic E-state index is -1.63. The second-order valence-corrected chi connectivity index (χ2v) is 7.13. The van der Waals surface area contributed by atoms with Gasteiger partial charge in [-0.25, -0.2) is 5.43 Å². The maximum Gasteiger partial charge on any atom is 0.250 e. The molecule has 0 aliphatic heterocycles. The van der Waals surface area contributed by atoms with Crippen molar-refractivity contribution in [3.05, 3.63) is 0 Å². The van der Waals surface area contributed by atoms with E-state index < -0.39 is 3.79 Å². The van der Waals surface area contributed by atoms with Crippen molar-refractivity contribution in [2.45, 2.75) is 8.13 Å². The van der Waals surface area contributed by atoms with Gasteiger partial charge in [-0.3, -0.25) is 4.79 Å². The largest absolute Gasteiger partial charge is 0.374 e. The number of nitrogen functional groups attached to an aromatic ring is 1. The molecule has 94 valence electrons. The van der Waals surface area contributed by atoms with E-state index >= 15 is 0 Å². The van der Waals surface area contributed by atoms with Crippen molar-refractivity contribution in [3.8, 4) is 0 Å². The molecule has 0 aliphatic carbocycles. The van der Waals surface area contributed by atoms with Crippen molar-refractivity contribution >= 4 is 75.2 Å². The summed E-state index contributed by atoms with van der Waals surface area (Å²) >= 11 is 18.5. The first-order chi connectivity index (χ1) is 7.87. The van der Waals surface area contributed by atoms with Crippen LogP contribution in [0.3, 0.4) is 0 Å². The first-order valence-electron chi connectivity index (χ1n) is 3.98. The number of carbonyl (C=O) groups excluding carboxylic acids is 1. The van der Waals surface area contributed by atoms with E-state index in [-0.39, 0.29) is 11.7 Å². The lowest BCUT2D eigenvalue weighted by Gasteiger charge is -2.01. The van der Waals surface area contributed by atoms with Crippen LogP contribution in [0.1, 0.15) is 0 Å². The van der Waals surface area contributed by atoms with Crippen molar-refractivity contribution in [1.82, 2.24) is 15.6 Å². The van der Waals surface area contributed by atoms with Crippen LogP contribution in [0.15, 0.2) is 9.44 Å². The quantitative estimate of drug-likeness (QED) is 0.378. The van der Waals surface area contributed by atoms with Gasteiger partial charge in [-0.05, 0) is 0 Å². The number of hydrogen-bond acceptors (Lipinski definition) is 7. The zero-order chi connectivity index (χ0) is 12.9. The van der Waals surface area contributed by atoms with Gasteiger partial charge in [-0.15, -0.1) is 10.2 Å². The van der Waals surface area contributed by atoms with Gasteiger partial charge in [0.15, 0.2) is 4.34 Å². The Kier molecular flexibility index (Phi) is 5.74. The van der Waals surface area contributed by atoms with E-state index in [1.807, 2.05) is 0 Å². The molecule has 1 rings (SSSR count). The van der Waals surface area contributed by atoms with Crippen molar-refractivity contribution in [2.75, 3.05) is 11.5 Å². The van der Waals surface area contributed by atoms with Crippen molar-refractivity contribution in [3.63, 3.8) is 0 Å². The summed E-state index contributed by atoms with van der Waals surface area (Å²) in [5, 5.41) is 11.2. The topological polar surface area (TPSA) is 93.3 Å². The van der Waals surface area contributed by atoms with Crippen LogP contribution in [0.4, 0.5) is 5.13 Å². The monoisotopic (exact) mass is 333 g/mol. The first-order valence-corrected chi connectivity index (χ1v) is 6.92. The van der Waals surface area contributed by atoms with E-state index in [1.165, 1.54) is 23.1 Å². The molecule has 1 amide bonds.